The van der Waals surface area contributed by atoms with E-state index in [0.717, 1.165) is 0 Å². The van der Waals surface area contributed by atoms with E-state index in [2.05, 4.69) is 64.8 Å². The van der Waals surface area contributed by atoms with E-state index in [1.807, 2.05) is 6.07 Å². The lowest BCUT2D eigenvalue weighted by Crippen LogP contribution is -3.59. The summed E-state index contributed by atoms with van der Waals surface area (Å²) in [5.74, 6) is 0. The Morgan fingerprint density at radius 3 is 1.70 bits per heavy atom. The fraction of sp³-hybridized carbons (Fsp3) is 0. The van der Waals surface area contributed by atoms with Gasteiger partial charge in [0.05, 0.1) is 0 Å². The van der Waals surface area contributed by atoms with Crippen molar-refractivity contribution in [2.45, 2.75) is 0 Å². The first-order valence-corrected chi connectivity index (χ1v) is 8.05. The second kappa shape index (κ2) is 8.78. The molecule has 0 saturated carbocycles. The fourth-order valence-corrected chi connectivity index (χ4v) is 3.07. The standard InChI is InChI=1S/C14H12I.BF4/c1-3-7-13(8-4-1)11-12-15-14-9-5-2-6-10-14;2-1(3,4)5/h1-12H;/q+1;-1/b12-11+;. The van der Waals surface area contributed by atoms with Crippen LogP contribution in [0, 0.1) is 3.57 Å². The van der Waals surface area contributed by atoms with E-state index in [-0.39, 0.29) is 21.2 Å². The van der Waals surface area contributed by atoms with Gasteiger partial charge in [0.25, 0.3) is 0 Å². The molecule has 0 amide bonds. The van der Waals surface area contributed by atoms with E-state index in [9.17, 15) is 17.3 Å². The predicted molar refractivity (Wildman–Crippen MR) is 70.8 cm³/mol. The summed E-state index contributed by atoms with van der Waals surface area (Å²) in [5.41, 5.74) is 1.29. The van der Waals surface area contributed by atoms with Gasteiger partial charge in [-0.05, 0) is 23.8 Å². The van der Waals surface area contributed by atoms with Crippen molar-refractivity contribution >= 4 is 13.3 Å². The van der Waals surface area contributed by atoms with E-state index in [1.54, 1.807) is 0 Å². The van der Waals surface area contributed by atoms with E-state index in [1.165, 1.54) is 9.13 Å². The van der Waals surface area contributed by atoms with Crippen LogP contribution < -0.4 is 21.2 Å². The minimum absolute atomic E-state index is 0.0204. The summed E-state index contributed by atoms with van der Waals surface area (Å²) in [6.07, 6.45) is 2.21. The predicted octanol–water partition coefficient (Wildman–Crippen LogP) is 1.92. The van der Waals surface area contributed by atoms with E-state index in [0.29, 0.717) is 0 Å². The molecule has 0 unspecified atom stereocenters. The Labute approximate surface area is 125 Å². The summed E-state index contributed by atoms with van der Waals surface area (Å²) in [4.78, 5) is 0. The van der Waals surface area contributed by atoms with Crippen LogP contribution in [0.4, 0.5) is 17.3 Å². The highest BCUT2D eigenvalue weighted by molar-refractivity contribution is 6.50. The van der Waals surface area contributed by atoms with Crippen molar-refractivity contribution in [3.05, 3.63) is 73.9 Å². The van der Waals surface area contributed by atoms with Crippen LogP contribution in [0.25, 0.3) is 6.08 Å². The lowest BCUT2D eigenvalue weighted by Gasteiger charge is -1.94. The zero-order valence-corrected chi connectivity index (χ0v) is 12.6. The summed E-state index contributed by atoms with van der Waals surface area (Å²) in [7, 11) is -6.00. The lowest BCUT2D eigenvalue weighted by atomic mass is 10.2. The highest BCUT2D eigenvalue weighted by Gasteiger charge is 2.20. The van der Waals surface area contributed by atoms with Gasteiger partial charge in [0, 0.05) is 0 Å². The van der Waals surface area contributed by atoms with Gasteiger partial charge in [-0.3, -0.25) is 0 Å². The number of rotatable bonds is 3. The highest BCUT2D eigenvalue weighted by Crippen LogP contribution is 2.06. The van der Waals surface area contributed by atoms with Crippen LogP contribution in [0.3, 0.4) is 0 Å². The SMILES string of the molecule is C(=C\c1ccccc1)/[I+]c1ccccc1.F[B-](F)(F)F. The van der Waals surface area contributed by atoms with Crippen molar-refractivity contribution in [1.29, 1.82) is 0 Å². The molecule has 0 bridgehead atoms. The monoisotopic (exact) mass is 394 g/mol. The number of benzene rings is 2. The molecular weight excluding hydrogens is 382 g/mol. The van der Waals surface area contributed by atoms with Gasteiger partial charge in [-0.1, -0.05) is 48.5 Å². The zero-order valence-electron chi connectivity index (χ0n) is 10.4. The van der Waals surface area contributed by atoms with Gasteiger partial charge in [0.2, 0.25) is 0 Å². The summed E-state index contributed by atoms with van der Waals surface area (Å²) in [5, 5.41) is 0. The third-order valence-electron chi connectivity index (χ3n) is 1.98. The number of halogens is 5. The van der Waals surface area contributed by atoms with E-state index >= 15 is 0 Å². The molecular formula is C14H12BF4I. The van der Waals surface area contributed by atoms with Crippen LogP contribution in [0.5, 0.6) is 0 Å². The van der Waals surface area contributed by atoms with Crippen LogP contribution >= 0.6 is 0 Å². The van der Waals surface area contributed by atoms with Crippen molar-refractivity contribution in [1.82, 2.24) is 0 Å². The molecule has 0 atom stereocenters. The van der Waals surface area contributed by atoms with Crippen molar-refractivity contribution in [2.75, 3.05) is 0 Å². The Bertz CT molecular complexity index is 506. The smallest absolute Gasteiger partial charge is 0.418 e. The minimum Gasteiger partial charge on any atom is -0.418 e. The van der Waals surface area contributed by atoms with Crippen LogP contribution in [0.2, 0.25) is 0 Å². The highest BCUT2D eigenvalue weighted by atomic mass is 127. The molecule has 0 aromatic heterocycles. The quantitative estimate of drug-likeness (QED) is 0.424. The van der Waals surface area contributed by atoms with Gasteiger partial charge in [0.1, 0.15) is 0 Å². The summed E-state index contributed by atoms with van der Waals surface area (Å²) >= 11 is 0.0204. The molecule has 106 valence electrons. The number of hydrogen-bond donors (Lipinski definition) is 0. The number of hydrogen-bond acceptors (Lipinski definition) is 0. The Morgan fingerprint density at radius 1 is 0.750 bits per heavy atom. The second-order valence-corrected chi connectivity index (χ2v) is 6.19. The van der Waals surface area contributed by atoms with Gasteiger partial charge >= 0.3 is 28.5 Å². The second-order valence-electron chi connectivity index (χ2n) is 3.60. The first-order chi connectivity index (χ1) is 9.45. The third kappa shape index (κ3) is 9.60. The Kier molecular flexibility index (Phi) is 7.36. The van der Waals surface area contributed by atoms with Crippen molar-refractivity contribution in [3.8, 4) is 0 Å². The average molecular weight is 394 g/mol. The lowest BCUT2D eigenvalue weighted by molar-refractivity contribution is -0.555. The van der Waals surface area contributed by atoms with E-state index < -0.39 is 7.25 Å². The van der Waals surface area contributed by atoms with Crippen LogP contribution in [0.15, 0.2) is 64.7 Å². The van der Waals surface area contributed by atoms with Gasteiger partial charge in [-0.15, -0.1) is 0 Å². The molecule has 0 saturated heterocycles. The Balaban J connectivity index is 0.000000347. The maximum absolute atomic E-state index is 9.75. The summed E-state index contributed by atoms with van der Waals surface area (Å²) in [6, 6.07) is 21.1. The molecule has 0 N–H and O–H groups in total. The van der Waals surface area contributed by atoms with Crippen LogP contribution in [0.1, 0.15) is 5.56 Å². The molecule has 0 spiro atoms. The molecule has 2 aromatic rings. The first-order valence-electron chi connectivity index (χ1n) is 5.72. The molecule has 0 fully saturated rings. The first kappa shape index (κ1) is 16.7. The van der Waals surface area contributed by atoms with Crippen molar-refractivity contribution in [3.63, 3.8) is 0 Å². The molecule has 0 aliphatic heterocycles. The van der Waals surface area contributed by atoms with Crippen molar-refractivity contribution < 1.29 is 38.5 Å². The Morgan fingerprint density at radius 2 is 1.20 bits per heavy atom. The summed E-state index contributed by atoms with van der Waals surface area (Å²) < 4.78 is 42.8. The van der Waals surface area contributed by atoms with Gasteiger partial charge in [-0.2, -0.15) is 0 Å². The van der Waals surface area contributed by atoms with Gasteiger partial charge in [0.15, 0.2) is 7.65 Å². The van der Waals surface area contributed by atoms with Crippen LogP contribution in [-0.4, -0.2) is 7.25 Å². The van der Waals surface area contributed by atoms with E-state index in [4.69, 9.17) is 0 Å². The maximum Gasteiger partial charge on any atom is 0.673 e. The summed E-state index contributed by atoms with van der Waals surface area (Å²) in [6.45, 7) is 0. The molecule has 20 heavy (non-hydrogen) atoms. The third-order valence-corrected chi connectivity index (χ3v) is 4.13. The molecule has 2 aromatic carbocycles. The minimum atomic E-state index is -6.00. The molecule has 6 heteroatoms. The van der Waals surface area contributed by atoms with Crippen LogP contribution in [-0.2, 0) is 0 Å². The van der Waals surface area contributed by atoms with Crippen molar-refractivity contribution in [2.24, 2.45) is 0 Å². The molecule has 0 aliphatic rings. The average Bonchev–Trinajstić information content (AvgIpc) is 2.39. The largest absolute Gasteiger partial charge is 0.673 e. The zero-order chi connectivity index (χ0) is 14.8. The fourth-order valence-electron chi connectivity index (χ4n) is 1.23. The molecule has 0 heterocycles. The molecule has 0 radical (unpaired) electrons. The Hall–Kier alpha value is -1.31. The molecule has 2 rings (SSSR count). The molecule has 0 aliphatic carbocycles. The van der Waals surface area contributed by atoms with Gasteiger partial charge < -0.3 is 17.3 Å². The van der Waals surface area contributed by atoms with Gasteiger partial charge in [-0.25, -0.2) is 0 Å². The molecule has 0 nitrogen and oxygen atoms in total. The normalized spacial score (nSPS) is 11.0. The maximum atomic E-state index is 9.75. The topological polar surface area (TPSA) is 0 Å².